The Balaban J connectivity index is 1.64. The van der Waals surface area contributed by atoms with E-state index in [2.05, 4.69) is 13.2 Å². The molecule has 3 fully saturated rings. The zero-order valence-electron chi connectivity index (χ0n) is 27.1. The number of rotatable bonds is 14. The molecule has 0 aliphatic carbocycles. The zero-order chi connectivity index (χ0) is 33.2. The molecule has 46 heavy (non-hydrogen) atoms. The number of carbonyl (C=O) groups excluding carboxylic acids is 3. The van der Waals surface area contributed by atoms with Gasteiger partial charge in [0.05, 0.1) is 40.8 Å². The molecule has 2 unspecified atom stereocenters. The second-order valence-electron chi connectivity index (χ2n) is 13.2. The van der Waals surface area contributed by atoms with E-state index in [0.717, 1.165) is 5.56 Å². The maximum atomic E-state index is 15.0. The number of hydrogen-bond acceptors (Lipinski definition) is 5. The summed E-state index contributed by atoms with van der Waals surface area (Å²) in [5.74, 6) is -2.41. The van der Waals surface area contributed by atoms with E-state index in [1.54, 1.807) is 51.1 Å². The topological polar surface area (TPSA) is 90.4 Å². The van der Waals surface area contributed by atoms with Crippen LogP contribution in [-0.4, -0.2) is 75.6 Å². The molecule has 3 amide bonds. The third-order valence-corrected chi connectivity index (χ3v) is 10.4. The van der Waals surface area contributed by atoms with Crippen LogP contribution in [0.4, 0.5) is 5.69 Å². The average molecular weight is 648 g/mol. The minimum absolute atomic E-state index is 0.136. The Kier molecular flexibility index (Phi) is 10.1. The molecule has 8 nitrogen and oxygen atoms in total. The third-order valence-electron chi connectivity index (χ3n) is 10.1. The number of benzene rings is 2. The number of likely N-dealkylation sites (tertiary alicyclic amines) is 1. The number of carbonyl (C=O) groups is 3. The van der Waals surface area contributed by atoms with Crippen molar-refractivity contribution < 1.29 is 24.2 Å². The van der Waals surface area contributed by atoms with Gasteiger partial charge in [-0.1, -0.05) is 87.0 Å². The Bertz CT molecular complexity index is 1470. The molecule has 3 heterocycles. The predicted octanol–water partition coefficient (Wildman–Crippen LogP) is 5.64. The lowest BCUT2D eigenvalue weighted by atomic mass is 9.64. The molecule has 0 aromatic heterocycles. The molecule has 5 rings (SSSR count). The highest BCUT2D eigenvalue weighted by Gasteiger charge is 2.79. The lowest BCUT2D eigenvalue weighted by Crippen LogP contribution is -2.59. The summed E-state index contributed by atoms with van der Waals surface area (Å²) >= 11 is 6.62. The first-order valence-electron chi connectivity index (χ1n) is 16.3. The number of aliphatic hydroxyl groups excluding tert-OH is 1. The third kappa shape index (κ3) is 5.69. The van der Waals surface area contributed by atoms with Gasteiger partial charge in [0.2, 0.25) is 11.8 Å². The second-order valence-corrected chi connectivity index (χ2v) is 13.6. The van der Waals surface area contributed by atoms with Crippen LogP contribution in [0.25, 0.3) is 0 Å². The van der Waals surface area contributed by atoms with E-state index in [1.165, 1.54) is 0 Å². The summed E-state index contributed by atoms with van der Waals surface area (Å²) in [5.41, 5.74) is -0.691. The van der Waals surface area contributed by atoms with E-state index in [0.29, 0.717) is 49.5 Å². The number of fused-ring (bicyclic) bond motifs is 1. The molecular formula is C37H46ClN3O5. The van der Waals surface area contributed by atoms with Crippen LogP contribution in [0, 0.1) is 17.8 Å². The maximum Gasteiger partial charge on any atom is 0.253 e. The first-order valence-corrected chi connectivity index (χ1v) is 16.7. The van der Waals surface area contributed by atoms with Gasteiger partial charge in [-0.2, -0.15) is 0 Å². The summed E-state index contributed by atoms with van der Waals surface area (Å²) in [6, 6.07) is 15.1. The first-order chi connectivity index (χ1) is 22.1. The quantitative estimate of drug-likeness (QED) is 0.268. The van der Waals surface area contributed by atoms with E-state index in [-0.39, 0.29) is 36.8 Å². The molecule has 1 N–H and O–H groups in total. The normalized spacial score (nSPS) is 27.0. The molecule has 9 heteroatoms. The number of nitrogens with zero attached hydrogens (tertiary/aromatic N) is 3. The maximum absolute atomic E-state index is 15.0. The van der Waals surface area contributed by atoms with Crippen molar-refractivity contribution in [2.24, 2.45) is 17.8 Å². The number of halogens is 1. The predicted molar refractivity (Wildman–Crippen MR) is 180 cm³/mol. The van der Waals surface area contributed by atoms with Gasteiger partial charge in [0.25, 0.3) is 5.91 Å². The number of ether oxygens (including phenoxy) is 1. The summed E-state index contributed by atoms with van der Waals surface area (Å²) in [6.45, 7) is 14.3. The highest BCUT2D eigenvalue weighted by molar-refractivity contribution is 6.34. The van der Waals surface area contributed by atoms with Crippen LogP contribution in [0.15, 0.2) is 79.9 Å². The monoisotopic (exact) mass is 647 g/mol. The van der Waals surface area contributed by atoms with Gasteiger partial charge in [0.15, 0.2) is 0 Å². The van der Waals surface area contributed by atoms with Crippen LogP contribution < -0.4 is 4.90 Å². The molecule has 246 valence electrons. The van der Waals surface area contributed by atoms with Gasteiger partial charge >= 0.3 is 0 Å². The molecule has 2 aromatic carbocycles. The van der Waals surface area contributed by atoms with Gasteiger partial charge < -0.3 is 24.5 Å². The van der Waals surface area contributed by atoms with Crippen molar-refractivity contribution in [3.8, 4) is 0 Å². The molecule has 2 bridgehead atoms. The smallest absolute Gasteiger partial charge is 0.253 e. The van der Waals surface area contributed by atoms with Gasteiger partial charge in [-0.3, -0.25) is 14.4 Å². The lowest BCUT2D eigenvalue weighted by Gasteiger charge is -2.40. The Labute approximate surface area is 277 Å². The van der Waals surface area contributed by atoms with Gasteiger partial charge in [0.1, 0.15) is 11.6 Å². The highest BCUT2D eigenvalue weighted by atomic mass is 35.5. The lowest BCUT2D eigenvalue weighted by molar-refractivity contribution is -0.154. The Morgan fingerprint density at radius 1 is 1.07 bits per heavy atom. The Morgan fingerprint density at radius 2 is 1.74 bits per heavy atom. The second kappa shape index (κ2) is 13.7. The van der Waals surface area contributed by atoms with Gasteiger partial charge in [-0.25, -0.2) is 0 Å². The summed E-state index contributed by atoms with van der Waals surface area (Å²) in [4.78, 5) is 49.4. The molecular weight excluding hydrogens is 602 g/mol. The molecule has 0 saturated carbocycles. The molecule has 3 saturated heterocycles. The van der Waals surface area contributed by atoms with E-state index >= 15 is 0 Å². The molecule has 1 spiro atoms. The van der Waals surface area contributed by atoms with E-state index in [1.807, 2.05) is 51.1 Å². The fourth-order valence-corrected chi connectivity index (χ4v) is 8.41. The van der Waals surface area contributed by atoms with Crippen LogP contribution in [0.5, 0.6) is 0 Å². The van der Waals surface area contributed by atoms with Crippen LogP contribution in [0.3, 0.4) is 0 Å². The van der Waals surface area contributed by atoms with Crippen molar-refractivity contribution in [3.05, 3.63) is 90.5 Å². The fraction of sp³-hybridized carbons (Fsp3) is 0.486. The van der Waals surface area contributed by atoms with E-state index < -0.39 is 35.1 Å². The number of aliphatic hydroxyl groups is 1. The van der Waals surface area contributed by atoms with Gasteiger partial charge in [-0.05, 0) is 49.3 Å². The number of para-hydroxylation sites is 1. The van der Waals surface area contributed by atoms with Crippen molar-refractivity contribution in [1.82, 2.24) is 9.80 Å². The standard InChI is InChI=1S/C37H46ClN3O5/c1-6-20-39(23-26-14-10-9-11-15-26)33(43)30-31-34(44)41(27(24-42)22-25(4)5)32(37(31)19-18-36(30,8-3)46-37)35(45)40(21-7-2)29-17-13-12-16-28(29)38/h6-7,9-17,25,27,30-32,42H,1-2,8,18-24H2,3-5H3/t27-,30+,31+,32?,36-,37?/m1/s1. The van der Waals surface area contributed by atoms with Crippen molar-refractivity contribution in [1.29, 1.82) is 0 Å². The summed E-state index contributed by atoms with van der Waals surface area (Å²) < 4.78 is 7.04. The van der Waals surface area contributed by atoms with Crippen molar-refractivity contribution in [2.75, 3.05) is 24.6 Å². The fourth-order valence-electron chi connectivity index (χ4n) is 8.17. The van der Waals surface area contributed by atoms with E-state index in [4.69, 9.17) is 16.3 Å². The number of hydrogen-bond donors (Lipinski definition) is 1. The van der Waals surface area contributed by atoms with Crippen LogP contribution in [0.1, 0.15) is 52.0 Å². The van der Waals surface area contributed by atoms with Gasteiger partial charge in [-0.15, -0.1) is 13.2 Å². The Hall–Kier alpha value is -3.46. The van der Waals surface area contributed by atoms with Crippen molar-refractivity contribution >= 4 is 35.0 Å². The molecule has 2 aromatic rings. The number of amides is 3. The highest BCUT2D eigenvalue weighted by Crippen LogP contribution is 2.65. The Morgan fingerprint density at radius 3 is 2.35 bits per heavy atom. The summed E-state index contributed by atoms with van der Waals surface area (Å²) in [6.07, 6.45) is 5.29. The molecule has 3 aliphatic rings. The van der Waals surface area contributed by atoms with Gasteiger partial charge in [0, 0.05) is 19.6 Å². The van der Waals surface area contributed by atoms with E-state index in [9.17, 15) is 19.5 Å². The van der Waals surface area contributed by atoms with Crippen molar-refractivity contribution in [2.45, 2.75) is 76.3 Å². The zero-order valence-corrected chi connectivity index (χ0v) is 27.9. The molecule has 6 atom stereocenters. The summed E-state index contributed by atoms with van der Waals surface area (Å²) in [5, 5.41) is 11.1. The van der Waals surface area contributed by atoms with Crippen LogP contribution in [-0.2, 0) is 25.7 Å². The minimum atomic E-state index is -1.25. The number of anilines is 1. The van der Waals surface area contributed by atoms with Crippen LogP contribution >= 0.6 is 11.6 Å². The summed E-state index contributed by atoms with van der Waals surface area (Å²) in [7, 11) is 0. The first kappa shape index (κ1) is 33.9. The molecule has 0 radical (unpaired) electrons. The van der Waals surface area contributed by atoms with Crippen LogP contribution in [0.2, 0.25) is 5.02 Å². The van der Waals surface area contributed by atoms with Crippen molar-refractivity contribution in [3.63, 3.8) is 0 Å². The SMILES string of the molecule is C=CCN(Cc1ccccc1)C(=O)[C@@H]1[C@H]2C(=O)N([C@@H](CO)CC(C)C)C(C(=O)N(CC=C)c3ccccc3Cl)C23CC[C@@]1(CC)O3. The minimum Gasteiger partial charge on any atom is -0.394 e. The largest absolute Gasteiger partial charge is 0.394 e. The molecule has 3 aliphatic heterocycles. The average Bonchev–Trinajstić information content (AvgIpc) is 3.66.